The standard InChI is InChI=1S/C21H27ClN2O2/c22-18-15-17(24-19-7-3-2-6-16(19)14-21(24)25)8-9-20(18)26-13-12-23-10-4-1-5-11-23/h8-9,14-15,19H,1-7,10-13H2. The molecule has 1 saturated carbocycles. The first-order valence-corrected chi connectivity index (χ1v) is 10.3. The van der Waals surface area contributed by atoms with E-state index in [2.05, 4.69) is 4.90 Å². The number of carbonyl (C=O) groups excluding carboxylic acids is 1. The van der Waals surface area contributed by atoms with Crippen LogP contribution in [-0.4, -0.2) is 43.1 Å². The summed E-state index contributed by atoms with van der Waals surface area (Å²) < 4.78 is 5.90. The quantitative estimate of drug-likeness (QED) is 0.764. The van der Waals surface area contributed by atoms with Gasteiger partial charge in [-0.1, -0.05) is 24.4 Å². The molecule has 1 saturated heterocycles. The van der Waals surface area contributed by atoms with Crippen LogP contribution in [0.15, 0.2) is 29.8 Å². The van der Waals surface area contributed by atoms with Gasteiger partial charge >= 0.3 is 0 Å². The Balaban J connectivity index is 1.39. The minimum atomic E-state index is 0.0849. The summed E-state index contributed by atoms with van der Waals surface area (Å²) in [6, 6.07) is 5.97. The first-order valence-electron chi connectivity index (χ1n) is 9.91. The lowest BCUT2D eigenvalue weighted by atomic mass is 9.91. The maximum Gasteiger partial charge on any atom is 0.251 e. The van der Waals surface area contributed by atoms with E-state index in [0.29, 0.717) is 17.4 Å². The molecule has 1 unspecified atom stereocenters. The predicted octanol–water partition coefficient (Wildman–Crippen LogP) is 4.42. The van der Waals surface area contributed by atoms with Crippen LogP contribution in [0.25, 0.3) is 0 Å². The van der Waals surface area contributed by atoms with E-state index in [1.54, 1.807) is 0 Å². The number of benzene rings is 1. The van der Waals surface area contributed by atoms with E-state index >= 15 is 0 Å². The molecule has 4 nitrogen and oxygen atoms in total. The first-order chi connectivity index (χ1) is 12.7. The van der Waals surface area contributed by atoms with Gasteiger partial charge in [0.25, 0.3) is 5.91 Å². The Kier molecular flexibility index (Phi) is 5.51. The molecule has 2 aliphatic heterocycles. The highest BCUT2D eigenvalue weighted by Crippen LogP contribution is 2.38. The van der Waals surface area contributed by atoms with Crippen molar-refractivity contribution in [3.63, 3.8) is 0 Å². The van der Waals surface area contributed by atoms with Crippen molar-refractivity contribution in [1.82, 2.24) is 4.90 Å². The molecule has 2 heterocycles. The van der Waals surface area contributed by atoms with Crippen LogP contribution in [0, 0.1) is 0 Å². The summed E-state index contributed by atoms with van der Waals surface area (Å²) in [5.74, 6) is 0.789. The number of hydrogen-bond donors (Lipinski definition) is 0. The maximum absolute atomic E-state index is 12.5. The van der Waals surface area contributed by atoms with Crippen molar-refractivity contribution >= 4 is 23.2 Å². The highest BCUT2D eigenvalue weighted by Gasteiger charge is 2.35. The molecular formula is C21H27ClN2O2. The summed E-state index contributed by atoms with van der Waals surface area (Å²) in [6.45, 7) is 3.93. The average molecular weight is 375 g/mol. The lowest BCUT2D eigenvalue weighted by molar-refractivity contribution is -0.113. The number of likely N-dealkylation sites (tertiary alicyclic amines) is 1. The van der Waals surface area contributed by atoms with Gasteiger partial charge in [0.1, 0.15) is 12.4 Å². The Labute approximate surface area is 160 Å². The maximum atomic E-state index is 12.5. The minimum absolute atomic E-state index is 0.0849. The Morgan fingerprint density at radius 1 is 1.12 bits per heavy atom. The van der Waals surface area contributed by atoms with E-state index in [9.17, 15) is 4.79 Å². The molecule has 4 rings (SSSR count). The third-order valence-electron chi connectivity index (χ3n) is 5.79. The Bertz CT molecular complexity index is 697. The molecule has 0 aromatic heterocycles. The molecule has 0 bridgehead atoms. The van der Waals surface area contributed by atoms with E-state index in [1.807, 2.05) is 29.2 Å². The zero-order chi connectivity index (χ0) is 17.9. The van der Waals surface area contributed by atoms with Gasteiger partial charge in [-0.05, 0) is 69.0 Å². The van der Waals surface area contributed by atoms with Crippen LogP contribution >= 0.6 is 11.6 Å². The smallest absolute Gasteiger partial charge is 0.251 e. The Hall–Kier alpha value is -1.52. The van der Waals surface area contributed by atoms with Gasteiger partial charge in [-0.25, -0.2) is 0 Å². The summed E-state index contributed by atoms with van der Waals surface area (Å²) in [7, 11) is 0. The second kappa shape index (κ2) is 8.01. The first kappa shape index (κ1) is 17.9. The molecule has 2 fully saturated rings. The van der Waals surface area contributed by atoms with Gasteiger partial charge in [0.15, 0.2) is 0 Å². The average Bonchev–Trinajstić information content (AvgIpc) is 2.99. The van der Waals surface area contributed by atoms with Gasteiger partial charge in [-0.2, -0.15) is 0 Å². The molecule has 1 aromatic rings. The summed E-state index contributed by atoms with van der Waals surface area (Å²) in [4.78, 5) is 16.8. The number of piperidine rings is 1. The monoisotopic (exact) mass is 374 g/mol. The molecule has 0 N–H and O–H groups in total. The fraction of sp³-hybridized carbons (Fsp3) is 0.571. The number of hydrogen-bond acceptors (Lipinski definition) is 3. The highest BCUT2D eigenvalue weighted by molar-refractivity contribution is 6.32. The van der Waals surface area contributed by atoms with Gasteiger partial charge in [0, 0.05) is 18.3 Å². The van der Waals surface area contributed by atoms with E-state index in [0.717, 1.165) is 25.1 Å². The summed E-state index contributed by atoms with van der Waals surface area (Å²) in [6.07, 6.45) is 10.2. The molecule has 1 amide bonds. The summed E-state index contributed by atoms with van der Waals surface area (Å²) in [5.41, 5.74) is 2.15. The van der Waals surface area contributed by atoms with Crippen LogP contribution in [-0.2, 0) is 4.79 Å². The van der Waals surface area contributed by atoms with E-state index < -0.39 is 0 Å². The third kappa shape index (κ3) is 3.77. The highest BCUT2D eigenvalue weighted by atomic mass is 35.5. The summed E-state index contributed by atoms with van der Waals surface area (Å²) in [5, 5.41) is 0.582. The van der Waals surface area contributed by atoms with Crippen LogP contribution in [0.3, 0.4) is 0 Å². The number of ether oxygens (including phenoxy) is 1. The van der Waals surface area contributed by atoms with Gasteiger partial charge < -0.3 is 9.64 Å². The molecule has 5 heteroatoms. The molecule has 140 valence electrons. The number of rotatable bonds is 5. The molecule has 1 aromatic carbocycles. The van der Waals surface area contributed by atoms with Crippen LogP contribution in [0.5, 0.6) is 5.75 Å². The fourth-order valence-electron chi connectivity index (χ4n) is 4.40. The van der Waals surface area contributed by atoms with Crippen LogP contribution < -0.4 is 9.64 Å². The molecule has 3 aliphatic rings. The lowest BCUT2D eigenvalue weighted by Gasteiger charge is -2.30. The number of anilines is 1. The lowest BCUT2D eigenvalue weighted by Crippen LogP contribution is -2.36. The predicted molar refractivity (Wildman–Crippen MR) is 105 cm³/mol. The number of nitrogens with zero attached hydrogens (tertiary/aromatic N) is 2. The number of fused-ring (bicyclic) bond motifs is 1. The van der Waals surface area contributed by atoms with Crippen LogP contribution in [0.4, 0.5) is 5.69 Å². The van der Waals surface area contributed by atoms with Crippen LogP contribution in [0.2, 0.25) is 5.02 Å². The molecule has 26 heavy (non-hydrogen) atoms. The molecule has 1 aliphatic carbocycles. The zero-order valence-electron chi connectivity index (χ0n) is 15.3. The third-order valence-corrected chi connectivity index (χ3v) is 6.08. The van der Waals surface area contributed by atoms with Gasteiger partial charge in [-0.15, -0.1) is 0 Å². The summed E-state index contributed by atoms with van der Waals surface area (Å²) >= 11 is 6.46. The largest absolute Gasteiger partial charge is 0.491 e. The molecule has 0 radical (unpaired) electrons. The van der Waals surface area contributed by atoms with E-state index in [4.69, 9.17) is 16.3 Å². The fourth-order valence-corrected chi connectivity index (χ4v) is 4.62. The molecular weight excluding hydrogens is 348 g/mol. The zero-order valence-corrected chi connectivity index (χ0v) is 16.0. The normalized spacial score (nSPS) is 23.7. The van der Waals surface area contributed by atoms with E-state index in [1.165, 1.54) is 50.8 Å². The van der Waals surface area contributed by atoms with Crippen molar-refractivity contribution in [1.29, 1.82) is 0 Å². The van der Waals surface area contributed by atoms with Crippen molar-refractivity contribution < 1.29 is 9.53 Å². The van der Waals surface area contributed by atoms with Crippen LogP contribution in [0.1, 0.15) is 44.9 Å². The van der Waals surface area contributed by atoms with Gasteiger partial charge in [0.2, 0.25) is 0 Å². The molecule has 0 spiro atoms. The number of amides is 1. The number of halogens is 1. The van der Waals surface area contributed by atoms with Gasteiger partial charge in [0.05, 0.1) is 11.1 Å². The number of carbonyl (C=O) groups is 1. The second-order valence-electron chi connectivity index (χ2n) is 7.55. The Morgan fingerprint density at radius 2 is 1.96 bits per heavy atom. The second-order valence-corrected chi connectivity index (χ2v) is 7.96. The van der Waals surface area contributed by atoms with Crippen molar-refractivity contribution in [2.75, 3.05) is 31.1 Å². The van der Waals surface area contributed by atoms with Crippen molar-refractivity contribution in [2.45, 2.75) is 51.0 Å². The SMILES string of the molecule is O=C1C=C2CCCCC2N1c1ccc(OCCN2CCCCC2)c(Cl)c1. The molecule has 1 atom stereocenters. The topological polar surface area (TPSA) is 32.8 Å². The van der Waals surface area contributed by atoms with Crippen molar-refractivity contribution in [2.24, 2.45) is 0 Å². The van der Waals surface area contributed by atoms with Crippen molar-refractivity contribution in [3.8, 4) is 5.75 Å². The minimum Gasteiger partial charge on any atom is -0.491 e. The Morgan fingerprint density at radius 3 is 2.77 bits per heavy atom. The van der Waals surface area contributed by atoms with Crippen molar-refractivity contribution in [3.05, 3.63) is 34.9 Å². The van der Waals surface area contributed by atoms with Gasteiger partial charge in [-0.3, -0.25) is 9.69 Å². The van der Waals surface area contributed by atoms with E-state index in [-0.39, 0.29) is 11.9 Å².